The smallest absolute Gasteiger partial charge is 0.326 e. The predicted molar refractivity (Wildman–Crippen MR) is 84.4 cm³/mol. The number of fused-ring (bicyclic) bond motifs is 1. The Kier molecular flexibility index (Phi) is 4.02. The maximum atomic E-state index is 12.8. The van der Waals surface area contributed by atoms with E-state index in [1.54, 1.807) is 24.3 Å². The molecule has 1 atom stereocenters. The number of aliphatic carboxylic acids is 1. The van der Waals surface area contributed by atoms with Gasteiger partial charge in [0.2, 0.25) is 0 Å². The van der Waals surface area contributed by atoms with Crippen LogP contribution in [-0.4, -0.2) is 35.0 Å². The minimum Gasteiger partial charge on any atom is -0.497 e. The summed E-state index contributed by atoms with van der Waals surface area (Å²) in [5, 5.41) is 9.51. The van der Waals surface area contributed by atoms with Crippen molar-refractivity contribution in [2.75, 3.05) is 7.11 Å². The third-order valence-electron chi connectivity index (χ3n) is 4.11. The zero-order valence-electron chi connectivity index (χ0n) is 12.7. The van der Waals surface area contributed by atoms with E-state index in [0.29, 0.717) is 24.3 Å². The second-order valence-electron chi connectivity index (χ2n) is 5.49. The van der Waals surface area contributed by atoms with Crippen LogP contribution in [0.15, 0.2) is 48.5 Å². The maximum absolute atomic E-state index is 12.8. The lowest BCUT2D eigenvalue weighted by atomic mass is 9.93. The normalized spacial score (nSPS) is 16.6. The van der Waals surface area contributed by atoms with E-state index in [9.17, 15) is 14.7 Å². The van der Waals surface area contributed by atoms with Crippen LogP contribution in [0.4, 0.5) is 0 Å². The zero-order valence-corrected chi connectivity index (χ0v) is 12.7. The fourth-order valence-corrected chi connectivity index (χ4v) is 2.88. The molecule has 0 aliphatic carbocycles. The van der Waals surface area contributed by atoms with Gasteiger partial charge < -0.3 is 14.7 Å². The van der Waals surface area contributed by atoms with E-state index in [1.165, 1.54) is 12.0 Å². The summed E-state index contributed by atoms with van der Waals surface area (Å²) in [5.74, 6) is -0.721. The fourth-order valence-electron chi connectivity index (χ4n) is 2.88. The highest BCUT2D eigenvalue weighted by molar-refractivity contribution is 5.97. The Morgan fingerprint density at radius 1 is 1.13 bits per heavy atom. The van der Waals surface area contributed by atoms with Gasteiger partial charge in [-0.25, -0.2) is 4.79 Å². The minimum atomic E-state index is -0.990. The molecule has 0 bridgehead atoms. The number of rotatable bonds is 3. The lowest BCUT2D eigenvalue weighted by Gasteiger charge is -2.34. The Bertz CT molecular complexity index is 756. The first-order chi connectivity index (χ1) is 11.1. The average Bonchev–Trinajstić information content (AvgIpc) is 2.59. The van der Waals surface area contributed by atoms with Crippen molar-refractivity contribution in [3.63, 3.8) is 0 Å². The number of carboxylic acid groups (broad SMARTS) is 1. The monoisotopic (exact) mass is 311 g/mol. The molecule has 1 heterocycles. The molecule has 5 nitrogen and oxygen atoms in total. The molecule has 2 aromatic rings. The van der Waals surface area contributed by atoms with Crippen LogP contribution in [0, 0.1) is 0 Å². The summed E-state index contributed by atoms with van der Waals surface area (Å²) in [5.41, 5.74) is 2.39. The standard InChI is InChI=1S/C18H17NO4/c1-23-15-8-4-7-13(9-15)17(20)19-11-14-6-3-2-5-12(14)10-16(19)18(21)22/h2-9,16H,10-11H2,1H3,(H,21,22)/t16-/m0/s1. The molecule has 0 unspecified atom stereocenters. The van der Waals surface area contributed by atoms with Gasteiger partial charge in [0.25, 0.3) is 5.91 Å². The molecule has 0 fully saturated rings. The highest BCUT2D eigenvalue weighted by Crippen LogP contribution is 2.26. The van der Waals surface area contributed by atoms with Crippen LogP contribution in [0.25, 0.3) is 0 Å². The van der Waals surface area contributed by atoms with Crippen molar-refractivity contribution in [3.8, 4) is 5.75 Å². The molecule has 0 radical (unpaired) electrons. The van der Waals surface area contributed by atoms with E-state index < -0.39 is 12.0 Å². The molecule has 1 aliphatic heterocycles. The van der Waals surface area contributed by atoms with Crippen LogP contribution >= 0.6 is 0 Å². The first-order valence-corrected chi connectivity index (χ1v) is 7.35. The average molecular weight is 311 g/mol. The number of methoxy groups -OCH3 is 1. The molecule has 0 saturated carbocycles. The van der Waals surface area contributed by atoms with Crippen molar-refractivity contribution < 1.29 is 19.4 Å². The third-order valence-corrected chi connectivity index (χ3v) is 4.11. The van der Waals surface area contributed by atoms with Crippen molar-refractivity contribution in [3.05, 3.63) is 65.2 Å². The number of nitrogens with zero attached hydrogens (tertiary/aromatic N) is 1. The first kappa shape index (κ1) is 15.1. The number of carboxylic acids is 1. The summed E-state index contributed by atoms with van der Waals surface area (Å²) in [4.78, 5) is 25.8. The van der Waals surface area contributed by atoms with Gasteiger partial charge in [-0.1, -0.05) is 30.3 Å². The van der Waals surface area contributed by atoms with Gasteiger partial charge in [-0.2, -0.15) is 0 Å². The molecule has 1 aliphatic rings. The Hall–Kier alpha value is -2.82. The molecule has 3 rings (SSSR count). The molecule has 1 amide bonds. The van der Waals surface area contributed by atoms with Crippen molar-refractivity contribution in [1.29, 1.82) is 0 Å². The lowest BCUT2D eigenvalue weighted by molar-refractivity contribution is -0.142. The van der Waals surface area contributed by atoms with Gasteiger partial charge in [-0.3, -0.25) is 4.79 Å². The quantitative estimate of drug-likeness (QED) is 0.945. The summed E-state index contributed by atoms with van der Waals surface area (Å²) in [6, 6.07) is 13.5. The molecule has 0 aromatic heterocycles. The zero-order chi connectivity index (χ0) is 16.4. The van der Waals surface area contributed by atoms with Crippen LogP contribution < -0.4 is 4.74 Å². The van der Waals surface area contributed by atoms with E-state index in [0.717, 1.165) is 11.1 Å². The first-order valence-electron chi connectivity index (χ1n) is 7.35. The van der Waals surface area contributed by atoms with Gasteiger partial charge in [-0.15, -0.1) is 0 Å². The van der Waals surface area contributed by atoms with Crippen molar-refractivity contribution in [2.24, 2.45) is 0 Å². The van der Waals surface area contributed by atoms with E-state index in [4.69, 9.17) is 4.74 Å². The van der Waals surface area contributed by atoms with Crippen LogP contribution in [0.3, 0.4) is 0 Å². The van der Waals surface area contributed by atoms with Crippen LogP contribution in [0.5, 0.6) is 5.75 Å². The van der Waals surface area contributed by atoms with Gasteiger partial charge in [0.1, 0.15) is 11.8 Å². The second-order valence-corrected chi connectivity index (χ2v) is 5.49. The number of hydrogen-bond acceptors (Lipinski definition) is 3. The van der Waals surface area contributed by atoms with Gasteiger partial charge in [0, 0.05) is 18.5 Å². The number of carbonyl (C=O) groups excluding carboxylic acids is 1. The molecule has 5 heteroatoms. The Labute approximate surface area is 134 Å². The van der Waals surface area contributed by atoms with Gasteiger partial charge in [0.05, 0.1) is 7.11 Å². The van der Waals surface area contributed by atoms with E-state index in [1.807, 2.05) is 24.3 Å². The molecule has 118 valence electrons. The molecule has 2 aromatic carbocycles. The summed E-state index contributed by atoms with van der Waals surface area (Å²) in [6.45, 7) is 0.295. The second kappa shape index (κ2) is 6.12. The van der Waals surface area contributed by atoms with Crippen LogP contribution in [0.1, 0.15) is 21.5 Å². The van der Waals surface area contributed by atoms with Crippen LogP contribution in [0.2, 0.25) is 0 Å². The molecule has 1 N–H and O–H groups in total. The Morgan fingerprint density at radius 3 is 2.57 bits per heavy atom. The summed E-state index contributed by atoms with van der Waals surface area (Å²) >= 11 is 0. The largest absolute Gasteiger partial charge is 0.497 e. The number of carbonyl (C=O) groups is 2. The molecular weight excluding hydrogens is 294 g/mol. The molecule has 0 spiro atoms. The highest BCUT2D eigenvalue weighted by Gasteiger charge is 2.34. The number of benzene rings is 2. The number of amides is 1. The Balaban J connectivity index is 1.95. The lowest BCUT2D eigenvalue weighted by Crippen LogP contribution is -2.48. The van der Waals surface area contributed by atoms with E-state index in [-0.39, 0.29) is 5.91 Å². The Morgan fingerprint density at radius 2 is 1.87 bits per heavy atom. The minimum absolute atomic E-state index is 0.295. The summed E-state index contributed by atoms with van der Waals surface area (Å²) < 4.78 is 5.14. The molecular formula is C18H17NO4. The summed E-state index contributed by atoms with van der Waals surface area (Å²) in [7, 11) is 1.53. The van der Waals surface area contributed by atoms with Crippen molar-refractivity contribution in [2.45, 2.75) is 19.0 Å². The number of ether oxygens (including phenoxy) is 1. The van der Waals surface area contributed by atoms with Crippen molar-refractivity contribution in [1.82, 2.24) is 4.90 Å². The van der Waals surface area contributed by atoms with Crippen LogP contribution in [-0.2, 0) is 17.8 Å². The SMILES string of the molecule is COc1cccc(C(=O)N2Cc3ccccc3C[C@H]2C(=O)O)c1. The summed E-state index contributed by atoms with van der Waals surface area (Å²) in [6.07, 6.45) is 0.321. The van der Waals surface area contributed by atoms with E-state index >= 15 is 0 Å². The van der Waals surface area contributed by atoms with Gasteiger partial charge in [0.15, 0.2) is 0 Å². The highest BCUT2D eigenvalue weighted by atomic mass is 16.5. The van der Waals surface area contributed by atoms with Gasteiger partial charge in [-0.05, 0) is 29.3 Å². The maximum Gasteiger partial charge on any atom is 0.326 e. The molecule has 23 heavy (non-hydrogen) atoms. The topological polar surface area (TPSA) is 66.8 Å². The van der Waals surface area contributed by atoms with Crippen molar-refractivity contribution >= 4 is 11.9 Å². The molecule has 0 saturated heterocycles. The third kappa shape index (κ3) is 2.90. The predicted octanol–water partition coefficient (Wildman–Crippen LogP) is 2.35. The van der Waals surface area contributed by atoms with Gasteiger partial charge >= 0.3 is 5.97 Å². The number of hydrogen-bond donors (Lipinski definition) is 1. The van der Waals surface area contributed by atoms with E-state index in [2.05, 4.69) is 0 Å². The fraction of sp³-hybridized carbons (Fsp3) is 0.222.